The van der Waals surface area contributed by atoms with Gasteiger partial charge >= 0.3 is 5.97 Å². The van der Waals surface area contributed by atoms with Gasteiger partial charge in [0, 0.05) is 30.0 Å². The predicted octanol–water partition coefficient (Wildman–Crippen LogP) is 4.78. The molecule has 1 aliphatic heterocycles. The SMILES string of the molecule is CCCOc1c(O)cc2c(c1/C=C(\CCCCCc1cccnc1)C(=O)O)OCC2. The second-order valence-corrected chi connectivity index (χ2v) is 7.47. The second-order valence-electron chi connectivity index (χ2n) is 7.47. The molecule has 1 aliphatic rings. The number of hydrogen-bond acceptors (Lipinski definition) is 5. The highest BCUT2D eigenvalue weighted by Crippen LogP contribution is 2.44. The van der Waals surface area contributed by atoms with Crippen LogP contribution in [-0.2, 0) is 17.6 Å². The number of rotatable bonds is 11. The maximum Gasteiger partial charge on any atom is 0.331 e. The first kappa shape index (κ1) is 21.7. The van der Waals surface area contributed by atoms with Gasteiger partial charge in [-0.05, 0) is 55.9 Å². The number of phenols is 1. The third-order valence-electron chi connectivity index (χ3n) is 5.12. The van der Waals surface area contributed by atoms with Gasteiger partial charge in [0.1, 0.15) is 5.75 Å². The number of phenolic OH excluding ortho intramolecular Hbond substituents is 1. The van der Waals surface area contributed by atoms with Crippen LogP contribution in [0.5, 0.6) is 17.2 Å². The van der Waals surface area contributed by atoms with Crippen LogP contribution in [0.3, 0.4) is 0 Å². The van der Waals surface area contributed by atoms with Gasteiger partial charge in [-0.1, -0.05) is 19.4 Å². The molecule has 3 rings (SSSR count). The Hall–Kier alpha value is -3.02. The van der Waals surface area contributed by atoms with Crippen LogP contribution in [0.2, 0.25) is 0 Å². The molecule has 0 unspecified atom stereocenters. The molecule has 2 heterocycles. The summed E-state index contributed by atoms with van der Waals surface area (Å²) in [5.74, 6) is -0.0130. The first-order valence-corrected chi connectivity index (χ1v) is 10.6. The maximum atomic E-state index is 11.9. The highest BCUT2D eigenvalue weighted by atomic mass is 16.5. The van der Waals surface area contributed by atoms with E-state index in [1.807, 2.05) is 19.2 Å². The average molecular weight is 411 g/mol. The maximum absolute atomic E-state index is 11.9. The van der Waals surface area contributed by atoms with Crippen molar-refractivity contribution in [3.63, 3.8) is 0 Å². The fraction of sp³-hybridized carbons (Fsp3) is 0.417. The minimum absolute atomic E-state index is 0.0279. The molecule has 0 spiro atoms. The molecule has 0 fully saturated rings. The lowest BCUT2D eigenvalue weighted by Gasteiger charge is -2.15. The first-order valence-electron chi connectivity index (χ1n) is 10.6. The number of aromatic nitrogens is 1. The van der Waals surface area contributed by atoms with Gasteiger partial charge in [-0.2, -0.15) is 0 Å². The van der Waals surface area contributed by atoms with E-state index in [1.165, 1.54) is 5.56 Å². The van der Waals surface area contributed by atoms with Gasteiger partial charge in [-0.15, -0.1) is 0 Å². The summed E-state index contributed by atoms with van der Waals surface area (Å²) in [6.45, 7) is 2.93. The molecule has 0 bridgehead atoms. The Morgan fingerprint density at radius 2 is 2.20 bits per heavy atom. The number of hydrogen-bond donors (Lipinski definition) is 2. The predicted molar refractivity (Wildman–Crippen MR) is 115 cm³/mol. The van der Waals surface area contributed by atoms with Gasteiger partial charge in [-0.25, -0.2) is 4.79 Å². The van der Waals surface area contributed by atoms with Crippen molar-refractivity contribution in [2.45, 2.75) is 51.9 Å². The Morgan fingerprint density at radius 3 is 2.93 bits per heavy atom. The van der Waals surface area contributed by atoms with Crippen molar-refractivity contribution in [3.8, 4) is 17.2 Å². The van der Waals surface area contributed by atoms with Gasteiger partial charge < -0.3 is 19.7 Å². The van der Waals surface area contributed by atoms with Crippen LogP contribution in [0.1, 0.15) is 55.7 Å². The van der Waals surface area contributed by atoms with Crippen LogP contribution in [0.4, 0.5) is 0 Å². The van der Waals surface area contributed by atoms with Gasteiger partial charge in [-0.3, -0.25) is 4.98 Å². The molecule has 0 radical (unpaired) electrons. The van der Waals surface area contributed by atoms with Crippen LogP contribution >= 0.6 is 0 Å². The molecular formula is C24H29NO5. The van der Waals surface area contributed by atoms with Crippen molar-refractivity contribution in [1.29, 1.82) is 0 Å². The number of unbranched alkanes of at least 4 members (excludes halogenated alkanes) is 2. The molecule has 0 saturated carbocycles. The average Bonchev–Trinajstić information content (AvgIpc) is 3.20. The Bertz CT molecular complexity index is 892. The smallest absolute Gasteiger partial charge is 0.331 e. The quantitative estimate of drug-likeness (QED) is 0.409. The number of carboxylic acid groups (broad SMARTS) is 1. The fourth-order valence-electron chi connectivity index (χ4n) is 3.60. The lowest BCUT2D eigenvalue weighted by atomic mass is 9.99. The molecule has 2 aromatic rings. The molecule has 160 valence electrons. The van der Waals surface area contributed by atoms with Crippen LogP contribution in [0.25, 0.3) is 6.08 Å². The molecule has 0 atom stereocenters. The molecule has 1 aromatic carbocycles. The number of carbonyl (C=O) groups is 1. The summed E-state index contributed by atoms with van der Waals surface area (Å²) < 4.78 is 11.5. The van der Waals surface area contributed by atoms with Gasteiger partial charge in [0.15, 0.2) is 11.5 Å². The number of aliphatic carboxylic acids is 1. The summed E-state index contributed by atoms with van der Waals surface area (Å²) in [6, 6.07) is 5.63. The van der Waals surface area contributed by atoms with E-state index in [2.05, 4.69) is 11.1 Å². The lowest BCUT2D eigenvalue weighted by Crippen LogP contribution is -2.03. The van der Waals surface area contributed by atoms with Crippen molar-refractivity contribution in [2.24, 2.45) is 0 Å². The standard InChI is InChI=1S/C24H29NO5/c1-2-12-29-23-20(22-18(10-13-30-22)15-21(23)26)14-19(24(27)28)9-5-3-4-7-17-8-6-11-25-16-17/h6,8,11,14-16,26H,2-5,7,9-10,12-13H2,1H3,(H,27,28)/b19-14+. The summed E-state index contributed by atoms with van der Waals surface area (Å²) in [4.78, 5) is 16.0. The molecule has 0 amide bonds. The van der Waals surface area contributed by atoms with Crippen molar-refractivity contribution in [3.05, 3.63) is 52.9 Å². The minimum atomic E-state index is -0.959. The first-order chi connectivity index (χ1) is 14.6. The third kappa shape index (κ3) is 5.53. The molecule has 0 aliphatic carbocycles. The second kappa shape index (κ2) is 10.7. The summed E-state index contributed by atoms with van der Waals surface area (Å²) in [5.41, 5.74) is 2.89. The van der Waals surface area contributed by atoms with E-state index in [9.17, 15) is 15.0 Å². The molecule has 2 N–H and O–H groups in total. The topological polar surface area (TPSA) is 88.9 Å². The van der Waals surface area contributed by atoms with E-state index in [0.717, 1.165) is 37.7 Å². The summed E-state index contributed by atoms with van der Waals surface area (Å²) >= 11 is 0. The number of aromatic hydroxyl groups is 1. The summed E-state index contributed by atoms with van der Waals surface area (Å²) in [6.07, 6.45) is 10.8. The Morgan fingerprint density at radius 1 is 1.33 bits per heavy atom. The van der Waals surface area contributed by atoms with Gasteiger partial charge in [0.05, 0.1) is 18.8 Å². The molecule has 1 aromatic heterocycles. The van der Waals surface area contributed by atoms with Crippen molar-refractivity contribution in [2.75, 3.05) is 13.2 Å². The van der Waals surface area contributed by atoms with Gasteiger partial charge in [0.2, 0.25) is 0 Å². The molecule has 6 nitrogen and oxygen atoms in total. The van der Waals surface area contributed by atoms with E-state index in [1.54, 1.807) is 18.3 Å². The largest absolute Gasteiger partial charge is 0.504 e. The Balaban J connectivity index is 1.72. The zero-order valence-corrected chi connectivity index (χ0v) is 17.4. The fourth-order valence-corrected chi connectivity index (χ4v) is 3.60. The van der Waals surface area contributed by atoms with Crippen molar-refractivity contribution < 1.29 is 24.5 Å². The molecule has 30 heavy (non-hydrogen) atoms. The summed E-state index contributed by atoms with van der Waals surface area (Å²) in [7, 11) is 0. The number of ether oxygens (including phenoxy) is 2. The zero-order chi connectivity index (χ0) is 21.3. The highest BCUT2D eigenvalue weighted by molar-refractivity contribution is 5.93. The zero-order valence-electron chi connectivity index (χ0n) is 17.4. The Labute approximate surface area is 177 Å². The van der Waals surface area contributed by atoms with Gasteiger partial charge in [0.25, 0.3) is 0 Å². The third-order valence-corrected chi connectivity index (χ3v) is 5.12. The van der Waals surface area contributed by atoms with E-state index in [0.29, 0.717) is 48.7 Å². The van der Waals surface area contributed by atoms with Crippen molar-refractivity contribution in [1.82, 2.24) is 4.98 Å². The van der Waals surface area contributed by atoms with Crippen LogP contribution in [0.15, 0.2) is 36.2 Å². The van der Waals surface area contributed by atoms with E-state index in [-0.39, 0.29) is 5.75 Å². The van der Waals surface area contributed by atoms with E-state index >= 15 is 0 Å². The lowest BCUT2D eigenvalue weighted by molar-refractivity contribution is -0.132. The number of fused-ring (bicyclic) bond motifs is 1. The number of aryl methyl sites for hydroxylation is 1. The van der Waals surface area contributed by atoms with Crippen LogP contribution < -0.4 is 9.47 Å². The number of pyridine rings is 1. The van der Waals surface area contributed by atoms with E-state index in [4.69, 9.17) is 9.47 Å². The molecule has 0 saturated heterocycles. The van der Waals surface area contributed by atoms with Crippen LogP contribution in [0, 0.1) is 0 Å². The molecule has 6 heteroatoms. The number of nitrogens with zero attached hydrogens (tertiary/aromatic N) is 1. The monoisotopic (exact) mass is 411 g/mol. The summed E-state index contributed by atoms with van der Waals surface area (Å²) in [5, 5.41) is 20.2. The Kier molecular flexibility index (Phi) is 7.71. The van der Waals surface area contributed by atoms with Crippen LogP contribution in [-0.4, -0.2) is 34.4 Å². The van der Waals surface area contributed by atoms with Crippen molar-refractivity contribution >= 4 is 12.0 Å². The highest BCUT2D eigenvalue weighted by Gasteiger charge is 2.24. The minimum Gasteiger partial charge on any atom is -0.504 e. The number of benzene rings is 1. The molecular weight excluding hydrogens is 382 g/mol. The normalized spacial score (nSPS) is 13.0. The van der Waals surface area contributed by atoms with E-state index < -0.39 is 5.97 Å². The number of carboxylic acids is 1.